The average Bonchev–Trinajstić information content (AvgIpc) is 3.64. The number of Topliss-reactive ketones (excluding diaryl/α,β-unsaturated/α-hetero) is 1. The summed E-state index contributed by atoms with van der Waals surface area (Å²) >= 11 is 0. The van der Waals surface area contributed by atoms with Crippen LogP contribution in [0.1, 0.15) is 339 Å². The molecule has 0 bridgehead atoms. The van der Waals surface area contributed by atoms with E-state index in [1.54, 1.807) is 12.1 Å². The number of carbonyl (C=O) groups excluding carboxylic acids is 3. The molecule has 1 aromatic heterocycles. The Labute approximate surface area is 503 Å². The zero-order valence-corrected chi connectivity index (χ0v) is 53.5. The van der Waals surface area contributed by atoms with Gasteiger partial charge < -0.3 is 33.6 Å². The van der Waals surface area contributed by atoms with Gasteiger partial charge in [-0.2, -0.15) is 4.57 Å². The van der Waals surface area contributed by atoms with Crippen molar-refractivity contribution in [3.8, 4) is 17.2 Å². The van der Waals surface area contributed by atoms with E-state index in [2.05, 4.69) is 20.8 Å². The Bertz CT molecular complexity index is 2060. The van der Waals surface area contributed by atoms with Crippen molar-refractivity contribution in [3.63, 3.8) is 0 Å². The molecule has 3 atom stereocenters. The molecule has 2 aromatic rings. The number of ether oxygens (including phenoxy) is 5. The lowest BCUT2D eigenvalue weighted by Gasteiger charge is -2.20. The first-order valence-corrected chi connectivity index (χ1v) is 34.5. The normalized spacial score (nSPS) is 15.0. The Morgan fingerprint density at radius 1 is 0.518 bits per heavy atom. The fourth-order valence-electron chi connectivity index (χ4n) is 11.4. The molecule has 1 aliphatic rings. The van der Waals surface area contributed by atoms with Gasteiger partial charge in [-0.15, -0.1) is 0 Å². The Hall–Kier alpha value is -3.97. The smallest absolute Gasteiger partial charge is 0.340 e. The molecule has 0 unspecified atom stereocenters. The number of unbranched alkanes of at least 4 members (excludes halogenated alkanes) is 39. The van der Waals surface area contributed by atoms with Gasteiger partial charge in [-0.1, -0.05) is 271 Å². The number of nitrogens with zero attached hydrogens (tertiary/aromatic N) is 2. The number of aliphatic hydroxyl groups is 1. The van der Waals surface area contributed by atoms with E-state index in [9.17, 15) is 29.1 Å². The van der Waals surface area contributed by atoms with Crippen LogP contribution in [-0.4, -0.2) is 70.5 Å². The van der Waals surface area contributed by atoms with Gasteiger partial charge in [0.25, 0.3) is 11.5 Å². The number of carbonyl (C=O) groups is 3. The van der Waals surface area contributed by atoms with Crippen molar-refractivity contribution in [2.24, 2.45) is 0 Å². The molecule has 0 saturated carbocycles. The van der Waals surface area contributed by atoms with Gasteiger partial charge in [0.15, 0.2) is 11.5 Å². The van der Waals surface area contributed by atoms with E-state index in [0.29, 0.717) is 41.6 Å². The molecule has 13 nitrogen and oxygen atoms in total. The molecule has 1 N–H and O–H groups in total. The Morgan fingerprint density at radius 3 is 1.22 bits per heavy atom. The molecule has 3 rings (SSSR count). The summed E-state index contributed by atoms with van der Waals surface area (Å²) in [7, 11) is 0. The van der Waals surface area contributed by atoms with Gasteiger partial charge in [0.2, 0.25) is 5.75 Å². The lowest BCUT2D eigenvalue weighted by atomic mass is 10.0. The zero-order valence-electron chi connectivity index (χ0n) is 53.5. The minimum atomic E-state index is -1.07. The minimum absolute atomic E-state index is 0.0103. The van der Waals surface area contributed by atoms with Crippen LogP contribution in [0.25, 0.3) is 0 Å². The van der Waals surface area contributed by atoms with Crippen LogP contribution in [0.2, 0.25) is 0 Å². The van der Waals surface area contributed by atoms with E-state index in [1.807, 2.05) is 0 Å². The minimum Gasteiger partial charge on any atom is -0.490 e. The van der Waals surface area contributed by atoms with E-state index in [4.69, 9.17) is 23.7 Å². The molecule has 1 fully saturated rings. The summed E-state index contributed by atoms with van der Waals surface area (Å²) in [5, 5.41) is 10.2. The highest BCUT2D eigenvalue weighted by Gasteiger charge is 2.40. The Morgan fingerprint density at radius 2 is 0.867 bits per heavy atom. The Balaban J connectivity index is 1.80. The molecular weight excluding hydrogens is 1040 g/mol. The molecular formula is C70H120N2O11. The van der Waals surface area contributed by atoms with Gasteiger partial charge in [-0.3, -0.25) is 19.0 Å². The van der Waals surface area contributed by atoms with Crippen LogP contribution in [0, 0.1) is 6.92 Å². The second-order valence-electron chi connectivity index (χ2n) is 24.4. The monoisotopic (exact) mass is 1160 g/mol. The van der Waals surface area contributed by atoms with Crippen molar-refractivity contribution in [1.82, 2.24) is 9.13 Å². The van der Waals surface area contributed by atoms with Gasteiger partial charge in [-0.05, 0) is 45.2 Å². The third-order valence-corrected chi connectivity index (χ3v) is 16.6. The number of aliphatic hydroxyl groups excluding tert-OH is 1. The van der Waals surface area contributed by atoms with Crippen molar-refractivity contribution >= 4 is 17.7 Å². The molecule has 2 heterocycles. The summed E-state index contributed by atoms with van der Waals surface area (Å²) in [6.07, 6.45) is 50.5. The van der Waals surface area contributed by atoms with Crippen LogP contribution in [0.4, 0.5) is 0 Å². The van der Waals surface area contributed by atoms with Gasteiger partial charge in [0.05, 0.1) is 32.8 Å². The number of esters is 1. The lowest BCUT2D eigenvalue weighted by molar-refractivity contribution is -0.153. The molecule has 0 radical (unpaired) electrons. The van der Waals surface area contributed by atoms with Gasteiger partial charge in [0, 0.05) is 30.2 Å². The summed E-state index contributed by atoms with van der Waals surface area (Å²) in [6, 6.07) is 3.16. The van der Waals surface area contributed by atoms with Crippen LogP contribution in [0.15, 0.2) is 27.9 Å². The zero-order chi connectivity index (χ0) is 60.0. The number of hydrogen-bond donors (Lipinski definition) is 1. The molecule has 0 amide bonds. The second-order valence-corrected chi connectivity index (χ2v) is 24.4. The fourth-order valence-corrected chi connectivity index (χ4v) is 11.4. The SMILES string of the molecule is CCCCCCCCCCCCCCCCOc1cc(C(=O)n2c(=O)c(C)cn([C@H]3C[C@@H](OC(=O)CCC(C)=O)[C@@H](CO)O3)c2=O)cc(OCCCCCCCCCCCCCCCC)c1OCCCCCCCCCCCCCCCC. The van der Waals surface area contributed by atoms with E-state index in [-0.39, 0.29) is 36.2 Å². The number of aryl methyl sites for hydroxylation is 1. The molecule has 1 aromatic carbocycles. The van der Waals surface area contributed by atoms with Crippen LogP contribution in [-0.2, 0) is 19.1 Å². The summed E-state index contributed by atoms with van der Waals surface area (Å²) in [6.45, 7) is 10.4. The lowest BCUT2D eigenvalue weighted by Crippen LogP contribution is -2.45. The van der Waals surface area contributed by atoms with Gasteiger partial charge in [0.1, 0.15) is 24.2 Å². The fraction of sp³-hybridized carbons (Fsp3) is 0.814. The van der Waals surface area contributed by atoms with Gasteiger partial charge >= 0.3 is 11.7 Å². The predicted octanol–water partition coefficient (Wildman–Crippen LogP) is 18.1. The molecule has 476 valence electrons. The topological polar surface area (TPSA) is 162 Å². The maximum atomic E-state index is 14.8. The number of ketones is 1. The number of hydrogen-bond acceptors (Lipinski definition) is 11. The highest BCUT2D eigenvalue weighted by atomic mass is 16.6. The Kier molecular flexibility index (Phi) is 42.5. The first-order valence-electron chi connectivity index (χ1n) is 34.5. The van der Waals surface area contributed by atoms with Crippen LogP contribution >= 0.6 is 0 Å². The van der Waals surface area contributed by atoms with Crippen LogP contribution < -0.4 is 25.5 Å². The third kappa shape index (κ3) is 32.4. The van der Waals surface area contributed by atoms with Crippen molar-refractivity contribution in [2.45, 2.75) is 342 Å². The first kappa shape index (κ1) is 73.3. The summed E-state index contributed by atoms with van der Waals surface area (Å²) in [5.74, 6) is -0.542. The number of benzene rings is 1. The molecule has 13 heteroatoms. The van der Waals surface area contributed by atoms with E-state index >= 15 is 0 Å². The number of rotatable bonds is 55. The quantitative estimate of drug-likeness (QED) is 0.0496. The maximum Gasteiger partial charge on any atom is 0.340 e. The van der Waals surface area contributed by atoms with E-state index < -0.39 is 48.2 Å². The standard InChI is InChI=1S/C70H120N2O11/c1-6-9-12-15-18-21-24-27-30-33-36-39-42-45-50-79-62-53-60(69(77)72-68(76)58(4)56-71(70(72)78)65-55-61(64(57-73)82-65)83-66(75)49-48-59(5)74)54-63(80-51-46-43-40-37-34-31-28-25-22-19-16-13-10-7-2)67(62)81-52-47-44-41-38-35-32-29-26-23-20-17-14-11-8-3/h53-54,56,61,64-65,73H,6-52,55,57H2,1-5H3/t61-,64-,65-/m1/s1. The van der Waals surface area contributed by atoms with Crippen molar-refractivity contribution in [2.75, 3.05) is 26.4 Å². The third-order valence-electron chi connectivity index (χ3n) is 16.6. The van der Waals surface area contributed by atoms with E-state index in [0.717, 1.165) is 62.4 Å². The first-order chi connectivity index (χ1) is 40.6. The van der Waals surface area contributed by atoms with E-state index in [1.165, 1.54) is 232 Å². The molecule has 83 heavy (non-hydrogen) atoms. The number of aromatic nitrogens is 2. The molecule has 1 saturated heterocycles. The highest BCUT2D eigenvalue weighted by Crippen LogP contribution is 2.40. The largest absolute Gasteiger partial charge is 0.490 e. The maximum absolute atomic E-state index is 14.8. The summed E-state index contributed by atoms with van der Waals surface area (Å²) in [5.41, 5.74) is -1.58. The van der Waals surface area contributed by atoms with Crippen LogP contribution in [0.5, 0.6) is 17.2 Å². The molecule has 0 spiro atoms. The van der Waals surface area contributed by atoms with Crippen molar-refractivity contribution in [1.29, 1.82) is 0 Å². The van der Waals surface area contributed by atoms with Crippen molar-refractivity contribution in [3.05, 3.63) is 50.3 Å². The van der Waals surface area contributed by atoms with Gasteiger partial charge in [-0.25, -0.2) is 4.79 Å². The second kappa shape index (κ2) is 48.2. The summed E-state index contributed by atoms with van der Waals surface area (Å²) < 4.78 is 33.1. The van der Waals surface area contributed by atoms with Crippen LogP contribution in [0.3, 0.4) is 0 Å². The van der Waals surface area contributed by atoms with Crippen molar-refractivity contribution < 1.29 is 43.2 Å². The highest BCUT2D eigenvalue weighted by molar-refractivity contribution is 5.97. The molecule has 0 aliphatic carbocycles. The molecule has 1 aliphatic heterocycles. The average molecular weight is 1170 g/mol. The summed E-state index contributed by atoms with van der Waals surface area (Å²) in [4.78, 5) is 67.4. The predicted molar refractivity (Wildman–Crippen MR) is 339 cm³/mol.